The topological polar surface area (TPSA) is 43.8 Å². The van der Waals surface area contributed by atoms with Crippen LogP contribution in [0, 0.1) is 0 Å². The van der Waals surface area contributed by atoms with Crippen LogP contribution >= 0.6 is 38.9 Å². The Morgan fingerprint density at radius 2 is 2.28 bits per heavy atom. The summed E-state index contributed by atoms with van der Waals surface area (Å²) in [4.78, 5) is 1.10. The van der Waals surface area contributed by atoms with E-state index in [1.165, 1.54) is 11.3 Å². The molecule has 6 heteroatoms. The van der Waals surface area contributed by atoms with E-state index < -0.39 is 0 Å². The van der Waals surface area contributed by atoms with Crippen LogP contribution < -0.4 is 5.73 Å². The van der Waals surface area contributed by atoms with E-state index in [1.807, 2.05) is 23.9 Å². The van der Waals surface area contributed by atoms with Gasteiger partial charge in [-0.05, 0) is 34.5 Å². The Bertz CT molecular complexity index is 550. The minimum atomic E-state index is -0.0427. The molecule has 0 spiro atoms. The molecule has 2 aromatic rings. The molecule has 2 heterocycles. The van der Waals surface area contributed by atoms with Crippen molar-refractivity contribution in [2.24, 2.45) is 12.8 Å². The van der Waals surface area contributed by atoms with Gasteiger partial charge in [-0.25, -0.2) is 0 Å². The number of hydrogen-bond donors (Lipinski definition) is 1. The smallest absolute Gasteiger partial charge is 0.0931 e. The van der Waals surface area contributed by atoms with Gasteiger partial charge in [0.1, 0.15) is 0 Å². The van der Waals surface area contributed by atoms with Gasteiger partial charge >= 0.3 is 0 Å². The van der Waals surface area contributed by atoms with Crippen LogP contribution in [-0.4, -0.2) is 9.78 Å². The Morgan fingerprint density at radius 3 is 2.78 bits per heavy atom. The van der Waals surface area contributed by atoms with Crippen LogP contribution in [0.15, 0.2) is 16.6 Å². The maximum absolute atomic E-state index is 6.22. The number of aryl methyl sites for hydroxylation is 2. The molecular formula is C12H15BrClN3S. The van der Waals surface area contributed by atoms with Crippen molar-refractivity contribution in [3.8, 4) is 0 Å². The number of nitrogens with zero attached hydrogens (tertiary/aromatic N) is 2. The lowest BCUT2D eigenvalue weighted by atomic mass is 10.1. The highest BCUT2D eigenvalue weighted by Crippen LogP contribution is 2.30. The van der Waals surface area contributed by atoms with Crippen molar-refractivity contribution in [3.05, 3.63) is 37.2 Å². The van der Waals surface area contributed by atoms with Gasteiger partial charge in [-0.15, -0.1) is 11.3 Å². The number of thiophene rings is 1. The number of aromatic nitrogens is 2. The van der Waals surface area contributed by atoms with Crippen LogP contribution in [0.4, 0.5) is 0 Å². The van der Waals surface area contributed by atoms with Crippen LogP contribution in [0.25, 0.3) is 0 Å². The summed E-state index contributed by atoms with van der Waals surface area (Å²) >= 11 is 11.1. The SMILES string of the molecule is CCc1nn(C)c(CC(N)c2ccc(Cl)s2)c1Br. The normalized spacial score (nSPS) is 12.9. The van der Waals surface area contributed by atoms with Crippen LogP contribution in [0.2, 0.25) is 4.34 Å². The fraction of sp³-hybridized carbons (Fsp3) is 0.417. The van der Waals surface area contributed by atoms with Gasteiger partial charge in [0.25, 0.3) is 0 Å². The molecule has 18 heavy (non-hydrogen) atoms. The lowest BCUT2D eigenvalue weighted by Gasteiger charge is -2.10. The van der Waals surface area contributed by atoms with Crippen molar-refractivity contribution in [3.63, 3.8) is 0 Å². The van der Waals surface area contributed by atoms with Crippen molar-refractivity contribution in [2.45, 2.75) is 25.8 Å². The average molecular weight is 349 g/mol. The monoisotopic (exact) mass is 347 g/mol. The largest absolute Gasteiger partial charge is 0.323 e. The van der Waals surface area contributed by atoms with Gasteiger partial charge in [0.15, 0.2) is 0 Å². The summed E-state index contributed by atoms with van der Waals surface area (Å²) in [5, 5.41) is 4.47. The van der Waals surface area contributed by atoms with E-state index in [-0.39, 0.29) is 6.04 Å². The zero-order valence-corrected chi connectivity index (χ0v) is 13.4. The summed E-state index contributed by atoms with van der Waals surface area (Å²) in [5.74, 6) is 0. The van der Waals surface area contributed by atoms with Crippen molar-refractivity contribution in [1.82, 2.24) is 9.78 Å². The number of hydrogen-bond acceptors (Lipinski definition) is 3. The summed E-state index contributed by atoms with van der Waals surface area (Å²) in [5.41, 5.74) is 8.42. The molecule has 0 aromatic carbocycles. The molecule has 98 valence electrons. The molecule has 2 rings (SSSR count). The maximum atomic E-state index is 6.22. The Morgan fingerprint density at radius 1 is 1.56 bits per heavy atom. The van der Waals surface area contributed by atoms with Gasteiger partial charge in [-0.3, -0.25) is 4.68 Å². The van der Waals surface area contributed by atoms with Crippen LogP contribution in [0.5, 0.6) is 0 Å². The van der Waals surface area contributed by atoms with Gasteiger partial charge in [0, 0.05) is 24.4 Å². The van der Waals surface area contributed by atoms with Crippen molar-refractivity contribution in [1.29, 1.82) is 0 Å². The molecule has 0 saturated heterocycles. The highest BCUT2D eigenvalue weighted by atomic mass is 79.9. The minimum absolute atomic E-state index is 0.0427. The van der Waals surface area contributed by atoms with E-state index in [0.29, 0.717) is 0 Å². The van der Waals surface area contributed by atoms with Gasteiger partial charge < -0.3 is 5.73 Å². The first-order valence-corrected chi connectivity index (χ1v) is 7.72. The van der Waals surface area contributed by atoms with Gasteiger partial charge in [0.05, 0.1) is 20.2 Å². The molecule has 0 aliphatic heterocycles. The molecule has 0 aliphatic rings. The van der Waals surface area contributed by atoms with Crippen LogP contribution in [0.1, 0.15) is 29.2 Å². The third kappa shape index (κ3) is 2.79. The zero-order chi connectivity index (χ0) is 13.3. The standard InChI is InChI=1S/C12H15BrClN3S/c1-3-8-12(13)9(17(2)16-8)6-7(15)10-4-5-11(14)18-10/h4-5,7H,3,6,15H2,1-2H3. The highest BCUT2D eigenvalue weighted by Gasteiger charge is 2.17. The Balaban J connectivity index is 2.21. The molecule has 1 unspecified atom stereocenters. The van der Waals surface area contributed by atoms with E-state index >= 15 is 0 Å². The average Bonchev–Trinajstić information content (AvgIpc) is 2.87. The van der Waals surface area contributed by atoms with E-state index in [4.69, 9.17) is 17.3 Å². The third-order valence-corrected chi connectivity index (χ3v) is 5.15. The van der Waals surface area contributed by atoms with Crippen molar-refractivity contribution < 1.29 is 0 Å². The van der Waals surface area contributed by atoms with E-state index in [1.54, 1.807) is 0 Å². The molecule has 0 amide bonds. The van der Waals surface area contributed by atoms with Gasteiger partial charge in [-0.1, -0.05) is 18.5 Å². The molecule has 2 N–H and O–H groups in total. The predicted octanol–water partition coefficient (Wildman–Crippen LogP) is 3.70. The van der Waals surface area contributed by atoms with E-state index in [2.05, 4.69) is 28.0 Å². The second-order valence-corrected chi connectivity index (χ2v) is 6.68. The molecule has 0 radical (unpaired) electrons. The highest BCUT2D eigenvalue weighted by molar-refractivity contribution is 9.10. The summed E-state index contributed by atoms with van der Waals surface area (Å²) in [6.45, 7) is 2.09. The van der Waals surface area contributed by atoms with E-state index in [0.717, 1.165) is 37.9 Å². The van der Waals surface area contributed by atoms with Crippen molar-refractivity contribution in [2.75, 3.05) is 0 Å². The maximum Gasteiger partial charge on any atom is 0.0931 e. The summed E-state index contributed by atoms with van der Waals surface area (Å²) in [7, 11) is 1.95. The molecule has 3 nitrogen and oxygen atoms in total. The van der Waals surface area contributed by atoms with Crippen LogP contribution in [-0.2, 0) is 19.9 Å². The fourth-order valence-corrected chi connectivity index (χ4v) is 3.72. The summed E-state index contributed by atoms with van der Waals surface area (Å²) in [6.07, 6.45) is 1.66. The minimum Gasteiger partial charge on any atom is -0.323 e. The lowest BCUT2D eigenvalue weighted by molar-refractivity contribution is 0.642. The lowest BCUT2D eigenvalue weighted by Crippen LogP contribution is -2.14. The van der Waals surface area contributed by atoms with Gasteiger partial charge in [0.2, 0.25) is 0 Å². The molecule has 0 fully saturated rings. The number of nitrogens with two attached hydrogens (primary N) is 1. The second-order valence-electron chi connectivity index (χ2n) is 4.14. The Hall–Kier alpha value is -0.360. The first kappa shape index (κ1) is 14.1. The molecule has 0 aliphatic carbocycles. The predicted molar refractivity (Wildman–Crippen MR) is 80.2 cm³/mol. The first-order valence-electron chi connectivity index (χ1n) is 5.74. The summed E-state index contributed by atoms with van der Waals surface area (Å²) < 4.78 is 3.75. The molecule has 0 saturated carbocycles. The summed E-state index contributed by atoms with van der Waals surface area (Å²) in [6, 6.07) is 3.83. The quantitative estimate of drug-likeness (QED) is 0.915. The molecule has 0 bridgehead atoms. The fourth-order valence-electron chi connectivity index (χ4n) is 1.88. The Labute approximate surface area is 124 Å². The van der Waals surface area contributed by atoms with Crippen molar-refractivity contribution >= 4 is 38.9 Å². The second kappa shape index (κ2) is 5.74. The number of rotatable bonds is 4. The van der Waals surface area contributed by atoms with E-state index in [9.17, 15) is 0 Å². The number of halogens is 2. The molecule has 2 aromatic heterocycles. The molecule has 1 atom stereocenters. The van der Waals surface area contributed by atoms with Crippen LogP contribution in [0.3, 0.4) is 0 Å². The molecular weight excluding hydrogens is 334 g/mol. The zero-order valence-electron chi connectivity index (χ0n) is 10.3. The van der Waals surface area contributed by atoms with Gasteiger partial charge in [-0.2, -0.15) is 5.10 Å². The Kier molecular flexibility index (Phi) is 4.48. The first-order chi connectivity index (χ1) is 8.52. The third-order valence-electron chi connectivity index (χ3n) is 2.88.